The van der Waals surface area contributed by atoms with Crippen molar-refractivity contribution < 1.29 is 18.0 Å². The van der Waals surface area contributed by atoms with Crippen molar-refractivity contribution in [2.75, 3.05) is 13.1 Å². The molecule has 2 amide bonds. The summed E-state index contributed by atoms with van der Waals surface area (Å²) in [5.74, 6) is 0. The zero-order valence-corrected chi connectivity index (χ0v) is 8.86. The van der Waals surface area contributed by atoms with Crippen LogP contribution in [0.4, 0.5) is 9.59 Å². The van der Waals surface area contributed by atoms with Crippen LogP contribution in [0.2, 0.25) is 0 Å². The quantitative estimate of drug-likeness (QED) is 0.546. The Morgan fingerprint density at radius 1 is 1.29 bits per heavy atom. The van der Waals surface area contributed by atoms with Gasteiger partial charge in [-0.25, -0.2) is 8.42 Å². The van der Waals surface area contributed by atoms with Gasteiger partial charge in [0.25, 0.3) is 0 Å². The summed E-state index contributed by atoms with van der Waals surface area (Å²) in [7, 11) is -4.51. The molecule has 0 spiro atoms. The van der Waals surface area contributed by atoms with Crippen LogP contribution in [0.25, 0.3) is 0 Å². The van der Waals surface area contributed by atoms with Gasteiger partial charge in [-0.1, -0.05) is 0 Å². The predicted molar refractivity (Wildman–Crippen MR) is 52.8 cm³/mol. The third-order valence-electron chi connectivity index (χ3n) is 1.16. The Morgan fingerprint density at radius 3 is 2.14 bits per heavy atom. The van der Waals surface area contributed by atoms with E-state index in [9.17, 15) is 18.0 Å². The molecule has 0 aromatic heterocycles. The van der Waals surface area contributed by atoms with Crippen molar-refractivity contribution in [2.24, 2.45) is 11.5 Å². The first kappa shape index (κ1) is 15.6. The highest BCUT2D eigenvalue weighted by Gasteiger charge is 2.28. The molecular formula is C5H12ClN3O4S. The number of nitrogens with two attached hydrogens (primary N) is 2. The maximum absolute atomic E-state index is 10.7. The molecule has 0 saturated carbocycles. The van der Waals surface area contributed by atoms with Gasteiger partial charge in [0.1, 0.15) is 0 Å². The van der Waals surface area contributed by atoms with Crippen LogP contribution in [-0.4, -0.2) is 32.0 Å². The van der Waals surface area contributed by atoms with Crippen LogP contribution >= 0.6 is 12.4 Å². The Kier molecular flexibility index (Phi) is 7.33. The molecule has 14 heavy (non-hydrogen) atoms. The van der Waals surface area contributed by atoms with E-state index in [2.05, 4.69) is 5.73 Å². The minimum Gasteiger partial charge on any atom is -0.356 e. The fourth-order valence-corrected chi connectivity index (χ4v) is 0.954. The summed E-state index contributed by atoms with van der Waals surface area (Å²) in [6.07, 6.45) is 0.431. The van der Waals surface area contributed by atoms with Crippen molar-refractivity contribution in [2.45, 2.75) is 6.42 Å². The minimum absolute atomic E-state index is 0. The fourth-order valence-electron chi connectivity index (χ4n) is 0.479. The Hall–Kier alpha value is -0.860. The van der Waals surface area contributed by atoms with Crippen molar-refractivity contribution in [3.63, 3.8) is 0 Å². The van der Waals surface area contributed by atoms with E-state index in [1.54, 1.807) is 0 Å². The van der Waals surface area contributed by atoms with Gasteiger partial charge in [-0.05, 0) is 13.0 Å². The molecule has 7 nitrogen and oxygen atoms in total. The molecule has 0 aliphatic carbocycles. The first-order valence-corrected chi connectivity index (χ1v) is 4.93. The van der Waals surface area contributed by atoms with Gasteiger partial charge in [0, 0.05) is 6.54 Å². The summed E-state index contributed by atoms with van der Waals surface area (Å²) < 4.78 is 21.4. The molecule has 0 heterocycles. The van der Waals surface area contributed by atoms with Gasteiger partial charge < -0.3 is 16.8 Å². The molecule has 0 atom stereocenters. The van der Waals surface area contributed by atoms with E-state index in [0.29, 0.717) is 13.0 Å². The lowest BCUT2D eigenvalue weighted by molar-refractivity contribution is 0.256. The van der Waals surface area contributed by atoms with E-state index in [4.69, 9.17) is 5.73 Å². The van der Waals surface area contributed by atoms with Crippen LogP contribution in [0.5, 0.6) is 0 Å². The predicted octanol–water partition coefficient (Wildman–Crippen LogP) is -1.04. The second-order valence-electron chi connectivity index (χ2n) is 2.18. The number of carbonyl (C=O) groups excluding carboxylic acids is 2. The molecule has 0 fully saturated rings. The molecule has 0 unspecified atom stereocenters. The molecule has 5 N–H and O–H groups in total. The van der Waals surface area contributed by atoms with E-state index < -0.39 is 20.3 Å². The summed E-state index contributed by atoms with van der Waals surface area (Å²) in [6.45, 7) is 0.415. The van der Waals surface area contributed by atoms with Crippen molar-refractivity contribution in [1.82, 2.24) is 5.32 Å². The molecule has 84 valence electrons. The highest BCUT2D eigenvalue weighted by Crippen LogP contribution is 1.91. The lowest BCUT2D eigenvalue weighted by Gasteiger charge is -2.01. The number of sulfone groups is 1. The maximum Gasteiger partial charge on any atom is 0.346 e. The van der Waals surface area contributed by atoms with Crippen LogP contribution in [0.1, 0.15) is 6.42 Å². The maximum atomic E-state index is 10.7. The summed E-state index contributed by atoms with van der Waals surface area (Å²) >= 11 is 0. The number of hydrogen-bond acceptors (Lipinski definition) is 5. The monoisotopic (exact) mass is 245 g/mol. The van der Waals surface area contributed by atoms with E-state index in [1.807, 2.05) is 5.32 Å². The van der Waals surface area contributed by atoms with Crippen LogP contribution < -0.4 is 16.8 Å². The topological polar surface area (TPSA) is 132 Å². The molecular weight excluding hydrogens is 234 g/mol. The van der Waals surface area contributed by atoms with Crippen molar-refractivity contribution in [3.8, 4) is 0 Å². The number of carbonyl (C=O) groups is 2. The number of nitrogens with one attached hydrogen (secondary N) is 1. The molecule has 0 aromatic carbocycles. The highest BCUT2D eigenvalue weighted by molar-refractivity contribution is 8.18. The first-order chi connectivity index (χ1) is 5.92. The SMILES string of the molecule is Cl.NCCCNC(=O)S(=O)(=O)C(N)=O. The Balaban J connectivity index is 0. The zero-order chi connectivity index (χ0) is 10.5. The molecule has 0 radical (unpaired) electrons. The molecule has 0 rings (SSSR count). The standard InChI is InChI=1S/C5H11N3O4S.ClH/c6-2-1-3-8-5(10)13(11,12)4(7)9;/h1-3,6H2,(H2,7,9)(H,8,10);1H. The number of rotatable bonds is 3. The molecule has 0 aliphatic rings. The van der Waals surface area contributed by atoms with Gasteiger partial charge >= 0.3 is 20.3 Å². The molecule has 0 saturated heterocycles. The van der Waals surface area contributed by atoms with Crippen molar-refractivity contribution in [3.05, 3.63) is 0 Å². The average Bonchev–Trinajstić information content (AvgIpc) is 2.04. The number of primary amides is 1. The Morgan fingerprint density at radius 2 is 1.79 bits per heavy atom. The summed E-state index contributed by atoms with van der Waals surface area (Å²) in [5, 5.41) is -1.04. The summed E-state index contributed by atoms with van der Waals surface area (Å²) in [4.78, 5) is 21.0. The number of halogens is 1. The van der Waals surface area contributed by atoms with E-state index in [0.717, 1.165) is 0 Å². The van der Waals surface area contributed by atoms with E-state index in [1.165, 1.54) is 0 Å². The van der Waals surface area contributed by atoms with Crippen molar-refractivity contribution >= 4 is 32.7 Å². The van der Waals surface area contributed by atoms with Gasteiger partial charge in [0.2, 0.25) is 0 Å². The molecule has 9 heteroatoms. The van der Waals surface area contributed by atoms with Gasteiger partial charge in [0.05, 0.1) is 0 Å². The highest BCUT2D eigenvalue weighted by atomic mass is 35.5. The molecule has 0 bridgehead atoms. The Labute approximate surface area is 87.5 Å². The molecule has 0 aromatic rings. The fraction of sp³-hybridized carbons (Fsp3) is 0.600. The third-order valence-corrected chi connectivity index (χ3v) is 2.32. The Bertz CT molecular complexity index is 302. The van der Waals surface area contributed by atoms with Gasteiger partial charge in [-0.15, -0.1) is 12.4 Å². The average molecular weight is 246 g/mol. The van der Waals surface area contributed by atoms with Crippen LogP contribution in [0, 0.1) is 0 Å². The van der Waals surface area contributed by atoms with Gasteiger partial charge in [-0.3, -0.25) is 9.59 Å². The summed E-state index contributed by atoms with van der Waals surface area (Å²) in [6, 6.07) is 0. The summed E-state index contributed by atoms with van der Waals surface area (Å²) in [5.41, 5.74) is 9.55. The normalized spacial score (nSPS) is 10.1. The lowest BCUT2D eigenvalue weighted by atomic mass is 10.4. The van der Waals surface area contributed by atoms with E-state index in [-0.39, 0.29) is 19.0 Å². The smallest absolute Gasteiger partial charge is 0.346 e. The lowest BCUT2D eigenvalue weighted by Crippen LogP contribution is -2.37. The van der Waals surface area contributed by atoms with Gasteiger partial charge in [-0.2, -0.15) is 0 Å². The number of hydrogen-bond donors (Lipinski definition) is 3. The van der Waals surface area contributed by atoms with Crippen molar-refractivity contribution in [1.29, 1.82) is 0 Å². The molecule has 0 aliphatic heterocycles. The third kappa shape index (κ3) is 4.40. The largest absolute Gasteiger partial charge is 0.356 e. The second kappa shape index (κ2) is 6.57. The zero-order valence-electron chi connectivity index (χ0n) is 7.23. The number of amides is 2. The van der Waals surface area contributed by atoms with Crippen LogP contribution in [-0.2, 0) is 9.84 Å². The first-order valence-electron chi connectivity index (χ1n) is 3.45. The van der Waals surface area contributed by atoms with Crippen LogP contribution in [0.15, 0.2) is 0 Å². The van der Waals surface area contributed by atoms with Crippen LogP contribution in [0.3, 0.4) is 0 Å². The van der Waals surface area contributed by atoms with E-state index >= 15 is 0 Å². The second-order valence-corrected chi connectivity index (χ2v) is 3.96. The van der Waals surface area contributed by atoms with Gasteiger partial charge in [0.15, 0.2) is 0 Å². The minimum atomic E-state index is -4.51.